The fourth-order valence-corrected chi connectivity index (χ4v) is 2.39. The standard InChI is InChI=1S/C17H21N3O5/c1-23-16(22)14(8-13-9-18-10-19-13)20-15(21)11-5-4-6-12(7-11)17(24-2)25-3/h4-7,9-10,14,17H,8H2,1-3H3,(H,18,19)(H,20,21)/t14-/m0/s1. The molecule has 0 aliphatic heterocycles. The number of aromatic nitrogens is 2. The minimum absolute atomic E-state index is 0.247. The highest BCUT2D eigenvalue weighted by molar-refractivity contribution is 5.97. The molecule has 2 rings (SSSR count). The van der Waals surface area contributed by atoms with E-state index < -0.39 is 24.2 Å². The predicted molar refractivity (Wildman–Crippen MR) is 88.8 cm³/mol. The Kier molecular flexibility index (Phi) is 6.67. The zero-order chi connectivity index (χ0) is 18.2. The Morgan fingerprint density at radius 3 is 2.60 bits per heavy atom. The van der Waals surface area contributed by atoms with E-state index >= 15 is 0 Å². The number of ether oxygens (including phenoxy) is 3. The van der Waals surface area contributed by atoms with Gasteiger partial charge in [-0.25, -0.2) is 9.78 Å². The number of rotatable bonds is 8. The van der Waals surface area contributed by atoms with Gasteiger partial charge in [-0.15, -0.1) is 0 Å². The van der Waals surface area contributed by atoms with Crippen LogP contribution >= 0.6 is 0 Å². The first-order chi connectivity index (χ1) is 12.1. The van der Waals surface area contributed by atoms with Crippen molar-refractivity contribution in [2.75, 3.05) is 21.3 Å². The van der Waals surface area contributed by atoms with Crippen LogP contribution in [0.2, 0.25) is 0 Å². The Labute approximate surface area is 145 Å². The number of nitrogens with zero attached hydrogens (tertiary/aromatic N) is 1. The third kappa shape index (κ3) is 4.88. The Balaban J connectivity index is 2.14. The second-order valence-corrected chi connectivity index (χ2v) is 5.26. The molecule has 0 aliphatic carbocycles. The maximum atomic E-state index is 12.5. The van der Waals surface area contributed by atoms with Crippen molar-refractivity contribution >= 4 is 11.9 Å². The number of H-pyrrole nitrogens is 1. The van der Waals surface area contributed by atoms with Gasteiger partial charge in [0.2, 0.25) is 0 Å². The minimum atomic E-state index is -0.831. The second-order valence-electron chi connectivity index (χ2n) is 5.26. The van der Waals surface area contributed by atoms with Gasteiger partial charge in [-0.1, -0.05) is 12.1 Å². The van der Waals surface area contributed by atoms with Crippen molar-refractivity contribution < 1.29 is 23.8 Å². The van der Waals surface area contributed by atoms with Gasteiger partial charge in [0.25, 0.3) is 5.91 Å². The van der Waals surface area contributed by atoms with E-state index in [2.05, 4.69) is 15.3 Å². The normalized spacial score (nSPS) is 12.0. The number of amides is 1. The molecule has 2 aromatic rings. The third-order valence-electron chi connectivity index (χ3n) is 3.62. The molecule has 1 aromatic carbocycles. The maximum Gasteiger partial charge on any atom is 0.328 e. The highest BCUT2D eigenvalue weighted by Gasteiger charge is 2.23. The topological polar surface area (TPSA) is 103 Å². The fourth-order valence-electron chi connectivity index (χ4n) is 2.39. The summed E-state index contributed by atoms with van der Waals surface area (Å²) in [5.74, 6) is -0.937. The maximum absolute atomic E-state index is 12.5. The van der Waals surface area contributed by atoms with Crippen LogP contribution in [0.3, 0.4) is 0 Å². The van der Waals surface area contributed by atoms with Gasteiger partial charge in [0, 0.05) is 43.7 Å². The Morgan fingerprint density at radius 1 is 1.24 bits per heavy atom. The zero-order valence-electron chi connectivity index (χ0n) is 14.3. The molecule has 25 heavy (non-hydrogen) atoms. The molecule has 134 valence electrons. The molecule has 0 saturated carbocycles. The van der Waals surface area contributed by atoms with Crippen LogP contribution in [0.4, 0.5) is 0 Å². The van der Waals surface area contributed by atoms with Crippen LogP contribution in [0.15, 0.2) is 36.8 Å². The SMILES string of the molecule is COC(=O)[C@H](Cc1cnc[nH]1)NC(=O)c1cccc(C(OC)OC)c1. The summed E-state index contributed by atoms with van der Waals surface area (Å²) in [5, 5.41) is 2.68. The zero-order valence-corrected chi connectivity index (χ0v) is 14.3. The molecule has 2 N–H and O–H groups in total. The first-order valence-corrected chi connectivity index (χ1v) is 7.60. The molecule has 1 atom stereocenters. The van der Waals surface area contributed by atoms with Gasteiger partial charge in [-0.3, -0.25) is 4.79 Å². The first kappa shape index (κ1) is 18.6. The lowest BCUT2D eigenvalue weighted by atomic mass is 10.1. The predicted octanol–water partition coefficient (Wildman–Crippen LogP) is 1.22. The third-order valence-corrected chi connectivity index (χ3v) is 3.62. The number of esters is 1. The van der Waals surface area contributed by atoms with Crippen LogP contribution in [0.25, 0.3) is 0 Å². The number of carbonyl (C=O) groups excluding carboxylic acids is 2. The number of methoxy groups -OCH3 is 3. The molecular formula is C17H21N3O5. The molecule has 1 amide bonds. The van der Waals surface area contributed by atoms with Gasteiger partial charge in [-0.2, -0.15) is 0 Å². The smallest absolute Gasteiger partial charge is 0.328 e. The number of aromatic amines is 1. The summed E-state index contributed by atoms with van der Waals surface area (Å²) >= 11 is 0. The summed E-state index contributed by atoms with van der Waals surface area (Å²) in [6.45, 7) is 0. The quantitative estimate of drug-likeness (QED) is 0.550. The molecule has 1 heterocycles. The van der Waals surface area contributed by atoms with E-state index in [-0.39, 0.29) is 6.42 Å². The van der Waals surface area contributed by atoms with E-state index in [1.165, 1.54) is 27.7 Å². The molecule has 0 bridgehead atoms. The van der Waals surface area contributed by atoms with Crippen LogP contribution < -0.4 is 5.32 Å². The van der Waals surface area contributed by atoms with E-state index in [9.17, 15) is 9.59 Å². The van der Waals surface area contributed by atoms with Gasteiger partial charge in [0.1, 0.15) is 6.04 Å². The molecule has 0 spiro atoms. The van der Waals surface area contributed by atoms with Crippen LogP contribution in [-0.4, -0.2) is 49.2 Å². The average Bonchev–Trinajstić information content (AvgIpc) is 3.15. The number of nitrogens with one attached hydrogen (secondary N) is 2. The van der Waals surface area contributed by atoms with Gasteiger partial charge in [-0.05, 0) is 12.1 Å². The van der Waals surface area contributed by atoms with Crippen LogP contribution in [0.5, 0.6) is 0 Å². The van der Waals surface area contributed by atoms with Crippen molar-refractivity contribution in [1.29, 1.82) is 0 Å². The van der Waals surface area contributed by atoms with Gasteiger partial charge < -0.3 is 24.5 Å². The van der Waals surface area contributed by atoms with Crippen LogP contribution in [0.1, 0.15) is 27.9 Å². The molecule has 0 fully saturated rings. The van der Waals surface area contributed by atoms with Crippen LogP contribution in [-0.2, 0) is 25.4 Å². The number of carbonyl (C=O) groups is 2. The van der Waals surface area contributed by atoms with Crippen LogP contribution in [0, 0.1) is 0 Å². The molecule has 0 radical (unpaired) electrons. The molecule has 1 aromatic heterocycles. The lowest BCUT2D eigenvalue weighted by Gasteiger charge is -2.17. The Bertz CT molecular complexity index is 698. The highest BCUT2D eigenvalue weighted by atomic mass is 16.7. The van der Waals surface area contributed by atoms with Crippen molar-refractivity contribution in [3.8, 4) is 0 Å². The summed E-state index contributed by atoms with van der Waals surface area (Å²) < 4.78 is 15.1. The fraction of sp³-hybridized carbons (Fsp3) is 0.353. The van der Waals surface area contributed by atoms with Crippen molar-refractivity contribution in [2.24, 2.45) is 0 Å². The summed E-state index contributed by atoms with van der Waals surface area (Å²) in [5.41, 5.74) is 1.79. The summed E-state index contributed by atoms with van der Waals surface area (Å²) in [6.07, 6.45) is 2.76. The van der Waals surface area contributed by atoms with E-state index in [0.717, 1.165) is 0 Å². The van der Waals surface area contributed by atoms with Gasteiger partial charge in [0.05, 0.1) is 13.4 Å². The lowest BCUT2D eigenvalue weighted by Crippen LogP contribution is -2.43. The van der Waals surface area contributed by atoms with Crippen molar-refractivity contribution in [1.82, 2.24) is 15.3 Å². The van der Waals surface area contributed by atoms with Crippen molar-refractivity contribution in [3.05, 3.63) is 53.6 Å². The lowest BCUT2D eigenvalue weighted by molar-refractivity contribution is -0.142. The summed E-state index contributed by atoms with van der Waals surface area (Å²) in [7, 11) is 4.30. The largest absolute Gasteiger partial charge is 0.467 e. The molecule has 0 aliphatic rings. The van der Waals surface area contributed by atoms with E-state index in [0.29, 0.717) is 16.8 Å². The molecule has 8 heteroatoms. The Hall–Kier alpha value is -2.71. The van der Waals surface area contributed by atoms with E-state index in [1.54, 1.807) is 30.5 Å². The van der Waals surface area contributed by atoms with Crippen molar-refractivity contribution in [3.63, 3.8) is 0 Å². The highest BCUT2D eigenvalue weighted by Crippen LogP contribution is 2.18. The molecule has 0 saturated heterocycles. The minimum Gasteiger partial charge on any atom is -0.467 e. The summed E-state index contributed by atoms with van der Waals surface area (Å²) in [6, 6.07) is 5.97. The van der Waals surface area contributed by atoms with Gasteiger partial charge >= 0.3 is 5.97 Å². The van der Waals surface area contributed by atoms with E-state index in [1.807, 2.05) is 0 Å². The first-order valence-electron chi connectivity index (χ1n) is 7.60. The number of imidazole rings is 1. The van der Waals surface area contributed by atoms with Gasteiger partial charge in [0.15, 0.2) is 6.29 Å². The number of hydrogen-bond acceptors (Lipinski definition) is 6. The van der Waals surface area contributed by atoms with Crippen molar-refractivity contribution in [2.45, 2.75) is 18.8 Å². The molecule has 8 nitrogen and oxygen atoms in total. The monoisotopic (exact) mass is 347 g/mol. The number of benzene rings is 1. The second kappa shape index (κ2) is 8.95. The Morgan fingerprint density at radius 2 is 2.00 bits per heavy atom. The number of hydrogen-bond donors (Lipinski definition) is 2. The molecular weight excluding hydrogens is 326 g/mol. The average molecular weight is 347 g/mol. The van der Waals surface area contributed by atoms with E-state index in [4.69, 9.17) is 14.2 Å². The summed E-state index contributed by atoms with van der Waals surface area (Å²) in [4.78, 5) is 31.3. The molecule has 0 unspecified atom stereocenters.